The molecule has 1 saturated heterocycles. The Morgan fingerprint density at radius 3 is 2.67 bits per heavy atom. The van der Waals surface area contributed by atoms with Crippen molar-refractivity contribution in [2.45, 2.75) is 20.0 Å². The van der Waals surface area contributed by atoms with Crippen LogP contribution in [0, 0.1) is 13.8 Å². The van der Waals surface area contributed by atoms with Gasteiger partial charge >= 0.3 is 0 Å². The van der Waals surface area contributed by atoms with E-state index < -0.39 is 0 Å². The first-order valence-electron chi connectivity index (χ1n) is 6.37. The first-order chi connectivity index (χ1) is 8.56. The molecule has 4 heteroatoms. The van der Waals surface area contributed by atoms with Crippen molar-refractivity contribution in [3.05, 3.63) is 27.7 Å². The molecule has 0 aromatic heterocycles. The average Bonchev–Trinajstić information content (AvgIpc) is 2.27. The van der Waals surface area contributed by atoms with E-state index in [1.54, 1.807) is 0 Å². The number of rotatable bonds is 3. The molecule has 100 valence electrons. The Morgan fingerprint density at radius 1 is 1.39 bits per heavy atom. The number of hydrogen-bond acceptors (Lipinski definition) is 3. The van der Waals surface area contributed by atoms with Crippen LogP contribution in [0.4, 0.5) is 5.69 Å². The molecule has 1 aliphatic rings. The number of likely N-dealkylation sites (N-methyl/N-ethyl adjacent to an activating group) is 1. The van der Waals surface area contributed by atoms with Crippen LogP contribution in [0.25, 0.3) is 0 Å². The van der Waals surface area contributed by atoms with Gasteiger partial charge < -0.3 is 15.0 Å². The summed E-state index contributed by atoms with van der Waals surface area (Å²) in [5.41, 5.74) is 3.77. The van der Waals surface area contributed by atoms with Crippen LogP contribution in [-0.2, 0) is 4.74 Å². The van der Waals surface area contributed by atoms with Crippen LogP contribution in [0.1, 0.15) is 11.1 Å². The molecule has 1 aromatic carbocycles. The van der Waals surface area contributed by atoms with Crippen molar-refractivity contribution < 1.29 is 4.74 Å². The number of anilines is 1. The van der Waals surface area contributed by atoms with Crippen LogP contribution < -0.4 is 5.32 Å². The second-order valence-electron chi connectivity index (χ2n) is 5.05. The van der Waals surface area contributed by atoms with E-state index in [2.05, 4.69) is 59.2 Å². The Kier molecular flexibility index (Phi) is 4.65. The van der Waals surface area contributed by atoms with Gasteiger partial charge in [-0.05, 0) is 44.2 Å². The number of hydrogen-bond donors (Lipinski definition) is 1. The fourth-order valence-electron chi connectivity index (χ4n) is 2.40. The summed E-state index contributed by atoms with van der Waals surface area (Å²) in [4.78, 5) is 2.32. The topological polar surface area (TPSA) is 24.5 Å². The van der Waals surface area contributed by atoms with E-state index in [0.29, 0.717) is 0 Å². The number of ether oxygens (including phenoxy) is 1. The van der Waals surface area contributed by atoms with Gasteiger partial charge in [-0.3, -0.25) is 0 Å². The third-order valence-corrected chi connectivity index (χ3v) is 3.80. The maximum atomic E-state index is 5.76. The second kappa shape index (κ2) is 6.04. The number of benzene rings is 1. The average molecular weight is 313 g/mol. The lowest BCUT2D eigenvalue weighted by Crippen LogP contribution is -2.43. The molecule has 0 spiro atoms. The number of nitrogens with zero attached hydrogens (tertiary/aromatic N) is 1. The van der Waals surface area contributed by atoms with E-state index in [0.717, 1.165) is 30.7 Å². The SMILES string of the molecule is Cc1cc(Br)cc(C)c1NCC1CN(C)CCO1. The molecular formula is C14H21BrN2O. The van der Waals surface area contributed by atoms with Gasteiger partial charge in [-0.25, -0.2) is 0 Å². The highest BCUT2D eigenvalue weighted by molar-refractivity contribution is 9.10. The summed E-state index contributed by atoms with van der Waals surface area (Å²) in [6, 6.07) is 4.28. The fraction of sp³-hybridized carbons (Fsp3) is 0.571. The van der Waals surface area contributed by atoms with E-state index in [1.165, 1.54) is 16.8 Å². The summed E-state index contributed by atoms with van der Waals surface area (Å²) in [5.74, 6) is 0. The number of nitrogens with one attached hydrogen (secondary N) is 1. The third-order valence-electron chi connectivity index (χ3n) is 3.35. The largest absolute Gasteiger partial charge is 0.382 e. The summed E-state index contributed by atoms with van der Waals surface area (Å²) in [7, 11) is 2.14. The zero-order valence-corrected chi connectivity index (χ0v) is 12.9. The van der Waals surface area contributed by atoms with Crippen LogP contribution >= 0.6 is 15.9 Å². The molecule has 0 bridgehead atoms. The smallest absolute Gasteiger partial charge is 0.0874 e. The highest BCUT2D eigenvalue weighted by atomic mass is 79.9. The normalized spacial score (nSPS) is 21.0. The lowest BCUT2D eigenvalue weighted by Gasteiger charge is -2.30. The van der Waals surface area contributed by atoms with E-state index in [4.69, 9.17) is 4.74 Å². The van der Waals surface area contributed by atoms with Gasteiger partial charge in [0, 0.05) is 29.8 Å². The molecule has 0 aliphatic carbocycles. The Hall–Kier alpha value is -0.580. The molecule has 1 N–H and O–H groups in total. The van der Waals surface area contributed by atoms with Crippen molar-refractivity contribution in [2.75, 3.05) is 38.6 Å². The van der Waals surface area contributed by atoms with E-state index in [9.17, 15) is 0 Å². The number of morpholine rings is 1. The van der Waals surface area contributed by atoms with Gasteiger partial charge in [0.15, 0.2) is 0 Å². The molecule has 0 saturated carbocycles. The summed E-state index contributed by atoms with van der Waals surface area (Å²) in [6.45, 7) is 8.01. The summed E-state index contributed by atoms with van der Waals surface area (Å²) >= 11 is 3.52. The second-order valence-corrected chi connectivity index (χ2v) is 5.97. The van der Waals surface area contributed by atoms with Gasteiger partial charge in [-0.2, -0.15) is 0 Å². The number of aryl methyl sites for hydroxylation is 2. The molecule has 0 radical (unpaired) electrons. The fourth-order valence-corrected chi connectivity index (χ4v) is 3.08. The van der Waals surface area contributed by atoms with Crippen LogP contribution in [0.3, 0.4) is 0 Å². The molecule has 1 fully saturated rings. The summed E-state index contributed by atoms with van der Waals surface area (Å²) in [5, 5.41) is 3.53. The van der Waals surface area contributed by atoms with Crippen LogP contribution in [0.15, 0.2) is 16.6 Å². The molecule has 1 aliphatic heterocycles. The molecular weight excluding hydrogens is 292 g/mol. The quantitative estimate of drug-likeness (QED) is 0.929. The summed E-state index contributed by atoms with van der Waals surface area (Å²) < 4.78 is 6.90. The molecule has 1 atom stereocenters. The van der Waals surface area contributed by atoms with Gasteiger partial charge in [0.05, 0.1) is 12.7 Å². The van der Waals surface area contributed by atoms with E-state index in [1.807, 2.05) is 0 Å². The molecule has 18 heavy (non-hydrogen) atoms. The monoisotopic (exact) mass is 312 g/mol. The Bertz CT molecular complexity index is 399. The minimum absolute atomic E-state index is 0.284. The highest BCUT2D eigenvalue weighted by Crippen LogP contribution is 2.25. The molecule has 1 aromatic rings. The summed E-state index contributed by atoms with van der Waals surface area (Å²) in [6.07, 6.45) is 0.284. The van der Waals surface area contributed by atoms with Gasteiger partial charge in [0.2, 0.25) is 0 Å². The van der Waals surface area contributed by atoms with Crippen molar-refractivity contribution in [3.8, 4) is 0 Å². The molecule has 1 unspecified atom stereocenters. The molecule has 0 amide bonds. The third kappa shape index (κ3) is 3.46. The van der Waals surface area contributed by atoms with E-state index >= 15 is 0 Å². The van der Waals surface area contributed by atoms with Crippen LogP contribution in [-0.4, -0.2) is 44.3 Å². The Balaban J connectivity index is 1.97. The first-order valence-corrected chi connectivity index (χ1v) is 7.16. The molecule has 3 nitrogen and oxygen atoms in total. The van der Waals surface area contributed by atoms with Crippen molar-refractivity contribution in [3.63, 3.8) is 0 Å². The predicted octanol–water partition coefficient (Wildman–Crippen LogP) is 2.81. The predicted molar refractivity (Wildman–Crippen MR) is 79.3 cm³/mol. The lowest BCUT2D eigenvalue weighted by atomic mass is 10.1. The van der Waals surface area contributed by atoms with Crippen molar-refractivity contribution in [1.29, 1.82) is 0 Å². The zero-order chi connectivity index (χ0) is 13.1. The van der Waals surface area contributed by atoms with Crippen LogP contribution in [0.5, 0.6) is 0 Å². The van der Waals surface area contributed by atoms with E-state index in [-0.39, 0.29) is 6.10 Å². The number of halogens is 1. The van der Waals surface area contributed by atoms with Crippen molar-refractivity contribution in [1.82, 2.24) is 4.90 Å². The van der Waals surface area contributed by atoms with Gasteiger partial charge in [-0.15, -0.1) is 0 Å². The Morgan fingerprint density at radius 2 is 2.06 bits per heavy atom. The van der Waals surface area contributed by atoms with Gasteiger partial charge in [-0.1, -0.05) is 15.9 Å². The molecule has 2 rings (SSSR count). The van der Waals surface area contributed by atoms with Gasteiger partial charge in [0.25, 0.3) is 0 Å². The minimum atomic E-state index is 0.284. The molecule has 1 heterocycles. The van der Waals surface area contributed by atoms with Crippen molar-refractivity contribution >= 4 is 21.6 Å². The zero-order valence-electron chi connectivity index (χ0n) is 11.3. The lowest BCUT2D eigenvalue weighted by molar-refractivity contribution is -0.0117. The standard InChI is InChI=1S/C14H21BrN2O/c1-10-6-12(15)7-11(2)14(10)16-8-13-9-17(3)4-5-18-13/h6-7,13,16H,4-5,8-9H2,1-3H3. The Labute approximate surface area is 118 Å². The minimum Gasteiger partial charge on any atom is -0.382 e. The first kappa shape index (κ1) is 13.8. The van der Waals surface area contributed by atoms with Crippen LogP contribution in [0.2, 0.25) is 0 Å². The van der Waals surface area contributed by atoms with Crippen molar-refractivity contribution in [2.24, 2.45) is 0 Å². The maximum Gasteiger partial charge on any atom is 0.0874 e. The van der Waals surface area contributed by atoms with Gasteiger partial charge in [0.1, 0.15) is 0 Å². The maximum absolute atomic E-state index is 5.76. The highest BCUT2D eigenvalue weighted by Gasteiger charge is 2.17.